The number of benzene rings is 1. The molecule has 1 aromatic rings. The van der Waals surface area contributed by atoms with Gasteiger partial charge in [-0.3, -0.25) is 5.41 Å². The van der Waals surface area contributed by atoms with Gasteiger partial charge in [0.2, 0.25) is 0 Å². The quantitative estimate of drug-likeness (QED) is 0.639. The van der Waals surface area contributed by atoms with Crippen LogP contribution < -0.4 is 10.5 Å². The van der Waals surface area contributed by atoms with Crippen molar-refractivity contribution in [1.82, 2.24) is 0 Å². The van der Waals surface area contributed by atoms with Crippen molar-refractivity contribution in [3.63, 3.8) is 0 Å². The summed E-state index contributed by atoms with van der Waals surface area (Å²) in [4.78, 5) is 0. The van der Waals surface area contributed by atoms with E-state index in [9.17, 15) is 13.2 Å². The highest BCUT2D eigenvalue weighted by Crippen LogP contribution is 2.34. The number of nitrogens with two attached hydrogens (primary N) is 1. The van der Waals surface area contributed by atoms with Gasteiger partial charge in [-0.15, -0.1) is 0 Å². The molecule has 0 aromatic heterocycles. The molecule has 104 valence electrons. The Kier molecular flexibility index (Phi) is 3.68. The summed E-state index contributed by atoms with van der Waals surface area (Å²) in [5.74, 6) is 0.490. The van der Waals surface area contributed by atoms with Gasteiger partial charge >= 0.3 is 6.18 Å². The molecule has 1 fully saturated rings. The minimum atomic E-state index is -4.45. The zero-order valence-corrected chi connectivity index (χ0v) is 10.3. The molecule has 0 atom stereocenters. The first-order valence-electron chi connectivity index (χ1n) is 6.06. The molecule has 0 heterocycles. The van der Waals surface area contributed by atoms with Crippen molar-refractivity contribution in [2.45, 2.75) is 25.4 Å². The predicted octanol–water partition coefficient (Wildman–Crippen LogP) is 3.17. The Hall–Kier alpha value is -1.72. The molecule has 3 N–H and O–H groups in total. The van der Waals surface area contributed by atoms with E-state index >= 15 is 0 Å². The summed E-state index contributed by atoms with van der Waals surface area (Å²) in [6, 6.07) is 3.03. The van der Waals surface area contributed by atoms with E-state index in [-0.39, 0.29) is 11.3 Å². The Morgan fingerprint density at radius 3 is 2.58 bits per heavy atom. The van der Waals surface area contributed by atoms with Crippen LogP contribution in [0.2, 0.25) is 0 Å². The second kappa shape index (κ2) is 5.11. The van der Waals surface area contributed by atoms with Crippen LogP contribution in [-0.4, -0.2) is 12.4 Å². The second-order valence-electron chi connectivity index (χ2n) is 4.70. The van der Waals surface area contributed by atoms with Crippen LogP contribution >= 0.6 is 0 Å². The van der Waals surface area contributed by atoms with E-state index in [0.29, 0.717) is 12.5 Å². The minimum absolute atomic E-state index is 0.00868. The lowest BCUT2D eigenvalue weighted by atomic mass is 10.1. The fourth-order valence-corrected chi connectivity index (χ4v) is 1.78. The van der Waals surface area contributed by atoms with Crippen LogP contribution in [0.1, 0.15) is 30.4 Å². The van der Waals surface area contributed by atoms with Crippen molar-refractivity contribution in [3.8, 4) is 5.75 Å². The number of alkyl halides is 3. The van der Waals surface area contributed by atoms with Gasteiger partial charge in [-0.25, -0.2) is 0 Å². The summed E-state index contributed by atoms with van der Waals surface area (Å²) >= 11 is 0. The van der Waals surface area contributed by atoms with Gasteiger partial charge in [0.1, 0.15) is 11.6 Å². The maximum Gasteiger partial charge on any atom is 0.416 e. The van der Waals surface area contributed by atoms with Crippen molar-refractivity contribution >= 4 is 5.84 Å². The topological polar surface area (TPSA) is 59.1 Å². The molecule has 0 saturated heterocycles. The van der Waals surface area contributed by atoms with Crippen LogP contribution in [0.5, 0.6) is 5.75 Å². The smallest absolute Gasteiger partial charge is 0.416 e. The molecule has 0 amide bonds. The summed E-state index contributed by atoms with van der Waals surface area (Å²) in [7, 11) is 0. The predicted molar refractivity (Wildman–Crippen MR) is 65.3 cm³/mol. The SMILES string of the molecule is N=C(N)c1cc(C(F)(F)F)ccc1OCCC1CC1. The van der Waals surface area contributed by atoms with Gasteiger partial charge in [0.25, 0.3) is 0 Å². The van der Waals surface area contributed by atoms with Gasteiger partial charge in [-0.1, -0.05) is 12.8 Å². The van der Waals surface area contributed by atoms with Crippen molar-refractivity contribution in [2.75, 3.05) is 6.61 Å². The number of rotatable bonds is 5. The maximum absolute atomic E-state index is 12.6. The third-order valence-electron chi connectivity index (χ3n) is 3.08. The number of hydrogen-bond donors (Lipinski definition) is 2. The van der Waals surface area contributed by atoms with E-state index in [2.05, 4.69) is 0 Å². The van der Waals surface area contributed by atoms with E-state index in [1.165, 1.54) is 18.9 Å². The molecule has 2 rings (SSSR count). The number of ether oxygens (including phenoxy) is 1. The first-order valence-corrected chi connectivity index (χ1v) is 6.06. The van der Waals surface area contributed by atoms with Gasteiger partial charge in [-0.05, 0) is 30.5 Å². The number of hydrogen-bond acceptors (Lipinski definition) is 2. The van der Waals surface area contributed by atoms with Crippen molar-refractivity contribution in [1.29, 1.82) is 5.41 Å². The lowest BCUT2D eigenvalue weighted by molar-refractivity contribution is -0.137. The van der Waals surface area contributed by atoms with Gasteiger partial charge < -0.3 is 10.5 Å². The highest BCUT2D eigenvalue weighted by molar-refractivity contribution is 5.97. The van der Waals surface area contributed by atoms with Crippen LogP contribution in [0.4, 0.5) is 13.2 Å². The Morgan fingerprint density at radius 1 is 1.37 bits per heavy atom. The van der Waals surface area contributed by atoms with Crippen molar-refractivity contribution < 1.29 is 17.9 Å². The molecule has 1 aliphatic carbocycles. The van der Waals surface area contributed by atoms with Crippen LogP contribution in [0, 0.1) is 11.3 Å². The van der Waals surface area contributed by atoms with E-state index < -0.39 is 17.6 Å². The monoisotopic (exact) mass is 272 g/mol. The molecule has 0 spiro atoms. The van der Waals surface area contributed by atoms with E-state index in [0.717, 1.165) is 18.6 Å². The Balaban J connectivity index is 2.14. The molecule has 6 heteroatoms. The first-order chi connectivity index (χ1) is 8.88. The Labute approximate surface area is 109 Å². The van der Waals surface area contributed by atoms with Gasteiger partial charge in [-0.2, -0.15) is 13.2 Å². The fraction of sp³-hybridized carbons (Fsp3) is 0.462. The molecular weight excluding hydrogens is 257 g/mol. The summed E-state index contributed by atoms with van der Waals surface area (Å²) in [6.45, 7) is 0.441. The van der Waals surface area contributed by atoms with Gasteiger partial charge in [0.15, 0.2) is 0 Å². The first kappa shape index (κ1) is 13.7. The van der Waals surface area contributed by atoms with Crippen LogP contribution in [-0.2, 0) is 6.18 Å². The molecule has 19 heavy (non-hydrogen) atoms. The van der Waals surface area contributed by atoms with E-state index in [4.69, 9.17) is 15.9 Å². The highest BCUT2D eigenvalue weighted by Gasteiger charge is 2.31. The standard InChI is InChI=1S/C13H15F3N2O/c14-13(15,16)9-3-4-11(10(7-9)12(17)18)19-6-5-8-1-2-8/h3-4,7-8H,1-2,5-6H2,(H3,17,18). The van der Waals surface area contributed by atoms with Crippen molar-refractivity contribution in [3.05, 3.63) is 29.3 Å². The third kappa shape index (κ3) is 3.62. The summed E-state index contributed by atoms with van der Waals surface area (Å²) in [5, 5.41) is 7.34. The molecule has 1 saturated carbocycles. The molecule has 0 radical (unpaired) electrons. The molecule has 3 nitrogen and oxygen atoms in total. The number of nitrogen functional groups attached to an aromatic ring is 1. The Morgan fingerprint density at radius 2 is 2.05 bits per heavy atom. The summed E-state index contributed by atoms with van der Waals surface area (Å²) < 4.78 is 43.2. The maximum atomic E-state index is 12.6. The Bertz CT molecular complexity index is 481. The van der Waals surface area contributed by atoms with Crippen LogP contribution in [0.3, 0.4) is 0 Å². The van der Waals surface area contributed by atoms with Crippen LogP contribution in [0.25, 0.3) is 0 Å². The summed E-state index contributed by atoms with van der Waals surface area (Å²) in [6.07, 6.45) is -1.18. The molecule has 0 bridgehead atoms. The molecule has 1 aromatic carbocycles. The lowest BCUT2D eigenvalue weighted by Crippen LogP contribution is -2.16. The second-order valence-corrected chi connectivity index (χ2v) is 4.70. The average Bonchev–Trinajstić information content (AvgIpc) is 3.11. The van der Waals surface area contributed by atoms with Gasteiger partial charge in [0, 0.05) is 0 Å². The largest absolute Gasteiger partial charge is 0.493 e. The number of amidine groups is 1. The zero-order valence-electron chi connectivity index (χ0n) is 10.3. The van der Waals surface area contributed by atoms with Crippen LogP contribution in [0.15, 0.2) is 18.2 Å². The molecule has 0 aliphatic heterocycles. The molecule has 0 unspecified atom stereocenters. The van der Waals surface area contributed by atoms with E-state index in [1.807, 2.05) is 0 Å². The zero-order chi connectivity index (χ0) is 14.0. The fourth-order valence-electron chi connectivity index (χ4n) is 1.78. The third-order valence-corrected chi connectivity index (χ3v) is 3.08. The lowest BCUT2D eigenvalue weighted by Gasteiger charge is -2.13. The van der Waals surface area contributed by atoms with Crippen molar-refractivity contribution in [2.24, 2.45) is 11.7 Å². The highest BCUT2D eigenvalue weighted by atomic mass is 19.4. The summed E-state index contributed by atoms with van der Waals surface area (Å²) in [5.41, 5.74) is 4.47. The molecule has 1 aliphatic rings. The normalized spacial score (nSPS) is 15.3. The average molecular weight is 272 g/mol. The van der Waals surface area contributed by atoms with Gasteiger partial charge in [0.05, 0.1) is 17.7 Å². The molecular formula is C13H15F3N2O. The number of nitrogens with one attached hydrogen (secondary N) is 1. The number of halogens is 3. The van der Waals surface area contributed by atoms with E-state index in [1.54, 1.807) is 0 Å². The minimum Gasteiger partial charge on any atom is -0.493 e.